The van der Waals surface area contributed by atoms with Crippen LogP contribution in [-0.4, -0.2) is 10.9 Å². The van der Waals surface area contributed by atoms with E-state index in [9.17, 15) is 4.79 Å². The van der Waals surface area contributed by atoms with Crippen LogP contribution in [0.3, 0.4) is 0 Å². The number of nitrogens with one attached hydrogen (secondary N) is 1. The van der Waals surface area contributed by atoms with Crippen LogP contribution in [0.5, 0.6) is 0 Å². The van der Waals surface area contributed by atoms with Crippen molar-refractivity contribution in [2.45, 2.75) is 0 Å². The van der Waals surface area contributed by atoms with Crippen molar-refractivity contribution in [3.05, 3.63) is 55.6 Å². The Morgan fingerprint density at radius 1 is 1.19 bits per heavy atom. The van der Waals surface area contributed by atoms with Crippen molar-refractivity contribution in [1.82, 2.24) is 4.98 Å². The molecule has 21 heavy (non-hydrogen) atoms. The van der Waals surface area contributed by atoms with Crippen LogP contribution in [0.4, 0.5) is 5.13 Å². The van der Waals surface area contributed by atoms with Crippen LogP contribution in [0.15, 0.2) is 36.4 Å². The second-order valence-electron chi connectivity index (χ2n) is 4.21. The molecule has 3 aromatic rings. The maximum atomic E-state index is 12.3. The molecule has 0 saturated heterocycles. The minimum atomic E-state index is -0.274. The number of carbonyl (C=O) groups excluding carboxylic acids is 1. The van der Waals surface area contributed by atoms with E-state index in [1.165, 1.54) is 11.3 Å². The zero-order chi connectivity index (χ0) is 15.0. The Morgan fingerprint density at radius 2 is 2.00 bits per heavy atom. The quantitative estimate of drug-likeness (QED) is 0.529. The summed E-state index contributed by atoms with van der Waals surface area (Å²) in [5, 5.41) is 4.35. The fraction of sp³-hybridized carbons (Fsp3) is 0. The van der Waals surface area contributed by atoms with E-state index in [2.05, 4.69) is 32.9 Å². The second-order valence-corrected chi connectivity index (χ2v) is 7.33. The molecule has 0 fully saturated rings. The number of hydrogen-bond donors (Lipinski definition) is 1. The molecule has 2 aromatic carbocycles. The van der Waals surface area contributed by atoms with Crippen molar-refractivity contribution in [2.24, 2.45) is 0 Å². The third kappa shape index (κ3) is 3.31. The number of nitrogens with zero attached hydrogens (tertiary/aromatic N) is 1. The number of halogens is 3. The predicted molar refractivity (Wildman–Crippen MR) is 96.8 cm³/mol. The van der Waals surface area contributed by atoms with Gasteiger partial charge < -0.3 is 0 Å². The summed E-state index contributed by atoms with van der Waals surface area (Å²) >= 11 is 15.5. The highest BCUT2D eigenvalue weighted by atomic mass is 127. The van der Waals surface area contributed by atoms with E-state index >= 15 is 0 Å². The number of amides is 1. The largest absolute Gasteiger partial charge is 0.298 e. The average molecular weight is 449 g/mol. The van der Waals surface area contributed by atoms with E-state index in [1.807, 2.05) is 18.2 Å². The van der Waals surface area contributed by atoms with Gasteiger partial charge in [-0.3, -0.25) is 10.1 Å². The molecule has 0 unspecified atom stereocenters. The van der Waals surface area contributed by atoms with Crippen molar-refractivity contribution in [1.29, 1.82) is 0 Å². The van der Waals surface area contributed by atoms with Gasteiger partial charge >= 0.3 is 0 Å². The lowest BCUT2D eigenvalue weighted by molar-refractivity contribution is 0.102. The summed E-state index contributed by atoms with van der Waals surface area (Å²) in [7, 11) is 0. The molecule has 3 rings (SSSR count). The topological polar surface area (TPSA) is 42.0 Å². The molecular weight excluding hydrogens is 442 g/mol. The molecule has 0 aliphatic heterocycles. The second kappa shape index (κ2) is 6.08. The van der Waals surface area contributed by atoms with Gasteiger partial charge in [0.2, 0.25) is 0 Å². The van der Waals surface area contributed by atoms with Gasteiger partial charge in [0, 0.05) is 8.59 Å². The smallest absolute Gasteiger partial charge is 0.258 e. The van der Waals surface area contributed by atoms with Gasteiger partial charge in [-0.1, -0.05) is 34.5 Å². The molecular formula is C14H7Cl2IN2OS. The summed E-state index contributed by atoms with van der Waals surface area (Å²) in [6, 6.07) is 10.7. The van der Waals surface area contributed by atoms with Gasteiger partial charge in [-0.2, -0.15) is 0 Å². The number of anilines is 1. The van der Waals surface area contributed by atoms with Gasteiger partial charge in [0.05, 0.1) is 20.8 Å². The van der Waals surface area contributed by atoms with Crippen LogP contribution >= 0.6 is 57.1 Å². The van der Waals surface area contributed by atoms with E-state index in [0.29, 0.717) is 20.7 Å². The lowest BCUT2D eigenvalue weighted by atomic mass is 10.2. The molecule has 0 atom stereocenters. The Balaban J connectivity index is 1.90. The summed E-state index contributed by atoms with van der Waals surface area (Å²) in [4.78, 5) is 16.6. The molecule has 1 amide bonds. The molecule has 0 aliphatic carbocycles. The van der Waals surface area contributed by atoms with Crippen LogP contribution in [0.2, 0.25) is 10.0 Å². The maximum absolute atomic E-state index is 12.3. The third-order valence-electron chi connectivity index (χ3n) is 2.74. The van der Waals surface area contributed by atoms with Crippen LogP contribution in [0.25, 0.3) is 10.2 Å². The minimum Gasteiger partial charge on any atom is -0.298 e. The number of fused-ring (bicyclic) bond motifs is 1. The van der Waals surface area contributed by atoms with E-state index in [1.54, 1.807) is 18.2 Å². The highest BCUT2D eigenvalue weighted by molar-refractivity contribution is 14.1. The standard InChI is InChI=1S/C14H7Cl2IN2OS/c15-7-1-4-11-12(5-7)21-14(18-11)19-13(20)9-6-8(17)2-3-10(9)16/h1-6H,(H,18,19,20). The Hall–Kier alpha value is -0.890. The normalized spacial score (nSPS) is 10.8. The Kier molecular flexibility index (Phi) is 4.35. The summed E-state index contributed by atoms with van der Waals surface area (Å²) in [6.07, 6.45) is 0. The minimum absolute atomic E-state index is 0.274. The molecule has 0 radical (unpaired) electrons. The molecule has 0 aliphatic rings. The number of rotatable bonds is 2. The molecule has 1 aromatic heterocycles. The molecule has 0 bridgehead atoms. The van der Waals surface area contributed by atoms with E-state index < -0.39 is 0 Å². The van der Waals surface area contributed by atoms with E-state index in [4.69, 9.17) is 23.2 Å². The highest BCUT2D eigenvalue weighted by Gasteiger charge is 2.13. The van der Waals surface area contributed by atoms with Crippen LogP contribution in [0.1, 0.15) is 10.4 Å². The SMILES string of the molecule is O=C(Nc1nc2ccc(Cl)cc2s1)c1cc(I)ccc1Cl. The average Bonchev–Trinajstić information content (AvgIpc) is 2.82. The van der Waals surface area contributed by atoms with Gasteiger partial charge in [0.25, 0.3) is 5.91 Å². The zero-order valence-electron chi connectivity index (χ0n) is 10.4. The summed E-state index contributed by atoms with van der Waals surface area (Å²) in [6.45, 7) is 0. The van der Waals surface area contributed by atoms with Gasteiger partial charge in [-0.05, 0) is 59.0 Å². The van der Waals surface area contributed by atoms with Crippen molar-refractivity contribution >= 4 is 78.4 Å². The Bertz CT molecular complexity index is 850. The van der Waals surface area contributed by atoms with Crippen molar-refractivity contribution in [3.8, 4) is 0 Å². The molecule has 1 N–H and O–H groups in total. The monoisotopic (exact) mass is 448 g/mol. The fourth-order valence-electron chi connectivity index (χ4n) is 1.79. The molecule has 0 saturated carbocycles. The number of carbonyl (C=O) groups is 1. The van der Waals surface area contributed by atoms with E-state index in [0.717, 1.165) is 13.8 Å². The first-order valence-electron chi connectivity index (χ1n) is 5.85. The first-order chi connectivity index (χ1) is 10.0. The molecule has 7 heteroatoms. The van der Waals surface area contributed by atoms with Crippen LogP contribution in [-0.2, 0) is 0 Å². The lowest BCUT2D eigenvalue weighted by Crippen LogP contribution is -2.12. The first-order valence-corrected chi connectivity index (χ1v) is 8.50. The van der Waals surface area contributed by atoms with Crippen LogP contribution < -0.4 is 5.32 Å². The fourth-order valence-corrected chi connectivity index (χ4v) is 3.62. The third-order valence-corrected chi connectivity index (χ3v) is 4.91. The van der Waals surface area contributed by atoms with E-state index in [-0.39, 0.29) is 5.91 Å². The Morgan fingerprint density at radius 3 is 2.81 bits per heavy atom. The van der Waals surface area contributed by atoms with Crippen LogP contribution in [0, 0.1) is 3.57 Å². The highest BCUT2D eigenvalue weighted by Crippen LogP contribution is 2.29. The maximum Gasteiger partial charge on any atom is 0.258 e. The predicted octanol–water partition coefficient (Wildman–Crippen LogP) is 5.46. The molecule has 3 nitrogen and oxygen atoms in total. The first kappa shape index (κ1) is 15.0. The number of benzene rings is 2. The number of hydrogen-bond acceptors (Lipinski definition) is 3. The van der Waals surface area contributed by atoms with Gasteiger partial charge in [-0.25, -0.2) is 4.98 Å². The molecule has 1 heterocycles. The summed E-state index contributed by atoms with van der Waals surface area (Å²) in [5.41, 5.74) is 1.23. The Labute approximate surface area is 148 Å². The molecule has 0 spiro atoms. The number of thiazole rings is 1. The zero-order valence-corrected chi connectivity index (χ0v) is 14.8. The van der Waals surface area contributed by atoms with Crippen molar-refractivity contribution < 1.29 is 4.79 Å². The molecule has 106 valence electrons. The van der Waals surface area contributed by atoms with Gasteiger partial charge in [-0.15, -0.1) is 0 Å². The summed E-state index contributed by atoms with van der Waals surface area (Å²) in [5.74, 6) is -0.274. The lowest BCUT2D eigenvalue weighted by Gasteiger charge is -2.04. The number of aromatic nitrogens is 1. The van der Waals surface area contributed by atoms with Crippen molar-refractivity contribution in [3.63, 3.8) is 0 Å². The van der Waals surface area contributed by atoms with Crippen molar-refractivity contribution in [2.75, 3.05) is 5.32 Å². The summed E-state index contributed by atoms with van der Waals surface area (Å²) < 4.78 is 1.87. The van der Waals surface area contributed by atoms with Gasteiger partial charge in [0.15, 0.2) is 5.13 Å². The van der Waals surface area contributed by atoms with Gasteiger partial charge in [0.1, 0.15) is 0 Å².